The van der Waals surface area contributed by atoms with Crippen molar-refractivity contribution in [2.75, 3.05) is 5.32 Å². The van der Waals surface area contributed by atoms with Gasteiger partial charge in [0.05, 0.1) is 28.5 Å². The Kier molecular flexibility index (Phi) is 5.79. The SMILES string of the molecule is Cc1occc1-c1nnc(S[C@@H](C)C(=O)Nc2c(C)n(C)n(-c3ccccc3)c2=O)n1C. The van der Waals surface area contributed by atoms with Crippen molar-refractivity contribution in [3.05, 3.63) is 64.5 Å². The molecule has 4 rings (SSSR count). The van der Waals surface area contributed by atoms with Crippen LogP contribution in [0.3, 0.4) is 0 Å². The first-order valence-corrected chi connectivity index (χ1v) is 10.9. The van der Waals surface area contributed by atoms with Gasteiger partial charge in [0.25, 0.3) is 5.56 Å². The van der Waals surface area contributed by atoms with Crippen LogP contribution in [-0.2, 0) is 18.9 Å². The third-order valence-electron chi connectivity index (χ3n) is 5.39. The molecule has 0 spiro atoms. The number of hydrogen-bond donors (Lipinski definition) is 1. The zero-order valence-corrected chi connectivity index (χ0v) is 19.3. The van der Waals surface area contributed by atoms with E-state index in [9.17, 15) is 9.59 Å². The lowest BCUT2D eigenvalue weighted by Gasteiger charge is -2.11. The van der Waals surface area contributed by atoms with E-state index >= 15 is 0 Å². The number of furan rings is 1. The number of rotatable bonds is 6. The third-order valence-corrected chi connectivity index (χ3v) is 6.52. The molecule has 0 bridgehead atoms. The smallest absolute Gasteiger partial charge is 0.295 e. The van der Waals surface area contributed by atoms with E-state index in [0.29, 0.717) is 16.7 Å². The van der Waals surface area contributed by atoms with Crippen LogP contribution in [0.5, 0.6) is 0 Å². The molecule has 0 saturated carbocycles. The largest absolute Gasteiger partial charge is 0.469 e. The number of anilines is 1. The molecular formula is C22H24N6O3S. The standard InChI is InChI=1S/C22H24N6O3S/c1-13-18(21(30)28(27(13)5)16-9-7-6-8-10-16)23-20(29)15(3)32-22-25-24-19(26(22)4)17-11-12-31-14(17)2/h6-12,15H,1-5H3,(H,23,29)/t15-/m0/s1. The highest BCUT2D eigenvalue weighted by Gasteiger charge is 2.24. The Bertz CT molecular complexity index is 1330. The maximum atomic E-state index is 13.0. The number of nitrogens with one attached hydrogen (secondary N) is 1. The van der Waals surface area contributed by atoms with E-state index in [1.54, 1.807) is 31.8 Å². The van der Waals surface area contributed by atoms with Gasteiger partial charge < -0.3 is 14.3 Å². The zero-order chi connectivity index (χ0) is 23.0. The van der Waals surface area contributed by atoms with E-state index in [2.05, 4.69) is 15.5 Å². The third kappa shape index (κ3) is 3.77. The molecule has 0 saturated heterocycles. The highest BCUT2D eigenvalue weighted by molar-refractivity contribution is 8.00. The van der Waals surface area contributed by atoms with Crippen LogP contribution in [0.15, 0.2) is 57.0 Å². The minimum Gasteiger partial charge on any atom is -0.469 e. The van der Waals surface area contributed by atoms with E-state index in [1.165, 1.54) is 16.4 Å². The number of hydrogen-bond acceptors (Lipinski definition) is 6. The molecule has 1 N–H and O–H groups in total. The minimum absolute atomic E-state index is 0.265. The van der Waals surface area contributed by atoms with Gasteiger partial charge in [0.1, 0.15) is 11.4 Å². The second kappa shape index (κ2) is 8.54. The Morgan fingerprint density at radius 2 is 1.84 bits per heavy atom. The molecule has 10 heteroatoms. The van der Waals surface area contributed by atoms with Gasteiger partial charge in [0.15, 0.2) is 11.0 Å². The number of carbonyl (C=O) groups excluding carboxylic acids is 1. The number of thioether (sulfide) groups is 1. The fraction of sp³-hybridized carbons (Fsp3) is 0.273. The average Bonchev–Trinajstić information content (AvgIpc) is 3.42. The van der Waals surface area contributed by atoms with E-state index in [4.69, 9.17) is 4.42 Å². The molecule has 3 aromatic heterocycles. The van der Waals surface area contributed by atoms with E-state index in [1.807, 2.05) is 54.9 Å². The van der Waals surface area contributed by atoms with Crippen molar-refractivity contribution in [3.63, 3.8) is 0 Å². The summed E-state index contributed by atoms with van der Waals surface area (Å²) < 4.78 is 10.4. The van der Waals surface area contributed by atoms with Crippen LogP contribution < -0.4 is 10.9 Å². The summed E-state index contributed by atoms with van der Waals surface area (Å²) in [6.45, 7) is 5.43. The van der Waals surface area contributed by atoms with Gasteiger partial charge in [-0.3, -0.25) is 14.3 Å². The number of para-hydroxylation sites is 1. The zero-order valence-electron chi connectivity index (χ0n) is 18.5. The van der Waals surface area contributed by atoms with Gasteiger partial charge in [-0.2, -0.15) is 0 Å². The number of amides is 1. The Morgan fingerprint density at radius 3 is 2.50 bits per heavy atom. The van der Waals surface area contributed by atoms with Crippen LogP contribution >= 0.6 is 11.8 Å². The van der Waals surface area contributed by atoms with E-state index in [0.717, 1.165) is 17.0 Å². The summed E-state index contributed by atoms with van der Waals surface area (Å²) in [5.74, 6) is 1.12. The monoisotopic (exact) mass is 452 g/mol. The number of aryl methyl sites for hydroxylation is 1. The Morgan fingerprint density at radius 1 is 1.12 bits per heavy atom. The molecule has 4 aromatic rings. The van der Waals surface area contributed by atoms with Gasteiger partial charge in [0.2, 0.25) is 5.91 Å². The van der Waals surface area contributed by atoms with Crippen molar-refractivity contribution < 1.29 is 9.21 Å². The summed E-state index contributed by atoms with van der Waals surface area (Å²) in [4.78, 5) is 26.0. The van der Waals surface area contributed by atoms with Gasteiger partial charge in [-0.25, -0.2) is 4.68 Å². The van der Waals surface area contributed by atoms with Gasteiger partial charge >= 0.3 is 0 Å². The van der Waals surface area contributed by atoms with Crippen LogP contribution in [0.4, 0.5) is 5.69 Å². The maximum absolute atomic E-state index is 13.0. The first-order valence-electron chi connectivity index (χ1n) is 10.0. The van der Waals surface area contributed by atoms with Crippen molar-refractivity contribution in [1.29, 1.82) is 0 Å². The average molecular weight is 453 g/mol. The molecule has 1 atom stereocenters. The molecule has 1 aromatic carbocycles. The van der Waals surface area contributed by atoms with E-state index < -0.39 is 5.25 Å². The van der Waals surface area contributed by atoms with Crippen LogP contribution in [0.2, 0.25) is 0 Å². The molecule has 0 unspecified atom stereocenters. The first-order chi connectivity index (χ1) is 15.3. The summed E-state index contributed by atoms with van der Waals surface area (Å²) >= 11 is 1.27. The molecule has 0 aliphatic rings. The number of carbonyl (C=O) groups is 1. The predicted molar refractivity (Wildman–Crippen MR) is 123 cm³/mol. The molecular weight excluding hydrogens is 428 g/mol. The van der Waals surface area contributed by atoms with Crippen LogP contribution in [0.1, 0.15) is 18.4 Å². The van der Waals surface area contributed by atoms with Crippen LogP contribution in [0.25, 0.3) is 17.1 Å². The van der Waals surface area contributed by atoms with Crippen molar-refractivity contribution in [3.8, 4) is 17.1 Å². The lowest BCUT2D eigenvalue weighted by atomic mass is 10.2. The Labute approximate surface area is 189 Å². The van der Waals surface area contributed by atoms with Crippen molar-refractivity contribution >= 4 is 23.4 Å². The van der Waals surface area contributed by atoms with Gasteiger partial charge in [0, 0.05) is 14.1 Å². The van der Waals surface area contributed by atoms with Crippen molar-refractivity contribution in [2.45, 2.75) is 31.2 Å². The van der Waals surface area contributed by atoms with Crippen molar-refractivity contribution in [2.24, 2.45) is 14.1 Å². The predicted octanol–water partition coefficient (Wildman–Crippen LogP) is 3.30. The molecule has 0 radical (unpaired) electrons. The summed E-state index contributed by atoms with van der Waals surface area (Å²) in [5.41, 5.74) is 2.23. The molecule has 166 valence electrons. The summed E-state index contributed by atoms with van der Waals surface area (Å²) in [7, 11) is 3.63. The first kappa shape index (κ1) is 21.7. The fourth-order valence-corrected chi connectivity index (χ4v) is 4.23. The molecule has 9 nitrogen and oxygen atoms in total. The molecule has 0 aliphatic heterocycles. The number of benzene rings is 1. The highest BCUT2D eigenvalue weighted by atomic mass is 32.2. The van der Waals surface area contributed by atoms with Crippen LogP contribution in [-0.4, -0.2) is 35.3 Å². The lowest BCUT2D eigenvalue weighted by Crippen LogP contribution is -2.27. The van der Waals surface area contributed by atoms with Gasteiger partial charge in [-0.1, -0.05) is 30.0 Å². The molecule has 3 heterocycles. The van der Waals surface area contributed by atoms with Gasteiger partial charge in [-0.05, 0) is 39.0 Å². The van der Waals surface area contributed by atoms with E-state index in [-0.39, 0.29) is 17.2 Å². The fourth-order valence-electron chi connectivity index (χ4n) is 3.42. The second-order valence-electron chi connectivity index (χ2n) is 7.44. The topological polar surface area (TPSA) is 99.9 Å². The minimum atomic E-state index is -0.500. The Hall–Kier alpha value is -3.53. The van der Waals surface area contributed by atoms with Gasteiger partial charge in [-0.15, -0.1) is 10.2 Å². The summed E-state index contributed by atoms with van der Waals surface area (Å²) in [6.07, 6.45) is 1.60. The summed E-state index contributed by atoms with van der Waals surface area (Å²) in [5, 5.41) is 11.4. The highest BCUT2D eigenvalue weighted by Crippen LogP contribution is 2.28. The number of nitrogens with zero attached hydrogens (tertiary/aromatic N) is 5. The summed E-state index contributed by atoms with van der Waals surface area (Å²) in [6, 6.07) is 11.1. The maximum Gasteiger partial charge on any atom is 0.295 e. The second-order valence-corrected chi connectivity index (χ2v) is 8.75. The molecule has 1 amide bonds. The molecule has 0 fully saturated rings. The lowest BCUT2D eigenvalue weighted by molar-refractivity contribution is -0.115. The molecule has 32 heavy (non-hydrogen) atoms. The number of aromatic nitrogens is 5. The quantitative estimate of drug-likeness (QED) is 0.451. The van der Waals surface area contributed by atoms with Crippen LogP contribution in [0, 0.1) is 13.8 Å². The van der Waals surface area contributed by atoms with Crippen molar-refractivity contribution in [1.82, 2.24) is 24.1 Å². The molecule has 0 aliphatic carbocycles. The Balaban J connectivity index is 1.54. The normalized spacial score (nSPS) is 12.2.